The molecule has 8 aromatic carbocycles. The molecule has 0 aliphatic rings. The van der Waals surface area contributed by atoms with E-state index in [-0.39, 0.29) is 0 Å². The lowest BCUT2D eigenvalue weighted by Gasteiger charge is -2.18. The molecule has 0 unspecified atom stereocenters. The lowest BCUT2D eigenvalue weighted by atomic mass is 9.86. The van der Waals surface area contributed by atoms with Gasteiger partial charge < -0.3 is 8.98 Å². The summed E-state index contributed by atoms with van der Waals surface area (Å²) in [4.78, 5) is 0. The van der Waals surface area contributed by atoms with Crippen LogP contribution >= 0.6 is 0 Å². The largest absolute Gasteiger partial charge is 0.456 e. The molecule has 0 radical (unpaired) electrons. The zero-order valence-corrected chi connectivity index (χ0v) is 24.9. The highest BCUT2D eigenvalue weighted by Crippen LogP contribution is 2.45. The maximum Gasteiger partial charge on any atom is 0.137 e. The molecule has 0 saturated carbocycles. The standard InChI is InChI=1S/C44H27NO/c1-2-12-28(13-3-1)41-32-15-4-6-17-34(32)42(35-18-7-5-16-33(35)41)29-22-24-30(25-23-29)45-38-20-10-8-14-31(38)36-26-27-40-43(44(36)45)37-19-9-11-21-39(37)46-40/h1-27H. The molecular weight excluding hydrogens is 558 g/mol. The first-order chi connectivity index (χ1) is 22.8. The van der Waals surface area contributed by atoms with E-state index in [4.69, 9.17) is 4.42 Å². The molecule has 0 bridgehead atoms. The summed E-state index contributed by atoms with van der Waals surface area (Å²) < 4.78 is 8.74. The first kappa shape index (κ1) is 25.2. The van der Waals surface area contributed by atoms with Crippen LogP contribution in [0.25, 0.3) is 93.2 Å². The molecule has 10 rings (SSSR count). The molecule has 0 fully saturated rings. The minimum absolute atomic E-state index is 0.908. The van der Waals surface area contributed by atoms with Gasteiger partial charge in [0.2, 0.25) is 0 Å². The Morgan fingerprint density at radius 3 is 1.52 bits per heavy atom. The van der Waals surface area contributed by atoms with E-state index >= 15 is 0 Å². The van der Waals surface area contributed by atoms with Gasteiger partial charge in [0.05, 0.1) is 16.4 Å². The fraction of sp³-hybridized carbons (Fsp3) is 0. The Bertz CT molecular complexity index is 2730. The zero-order chi connectivity index (χ0) is 30.2. The third-order valence-electron chi connectivity index (χ3n) is 9.58. The molecule has 0 atom stereocenters. The van der Waals surface area contributed by atoms with E-state index in [1.165, 1.54) is 65.6 Å². The summed E-state index contributed by atoms with van der Waals surface area (Å²) in [5.41, 5.74) is 10.3. The summed E-state index contributed by atoms with van der Waals surface area (Å²) in [5.74, 6) is 0. The molecule has 2 heteroatoms. The van der Waals surface area contributed by atoms with Crippen LogP contribution in [0, 0.1) is 0 Å². The van der Waals surface area contributed by atoms with Crippen molar-refractivity contribution < 1.29 is 4.42 Å². The normalized spacial score (nSPS) is 11.9. The van der Waals surface area contributed by atoms with Gasteiger partial charge >= 0.3 is 0 Å². The summed E-state index contributed by atoms with van der Waals surface area (Å²) in [6.07, 6.45) is 0. The zero-order valence-electron chi connectivity index (χ0n) is 24.9. The van der Waals surface area contributed by atoms with E-state index < -0.39 is 0 Å². The van der Waals surface area contributed by atoms with Crippen LogP contribution in [-0.2, 0) is 0 Å². The van der Waals surface area contributed by atoms with Crippen LogP contribution in [0.15, 0.2) is 168 Å². The van der Waals surface area contributed by atoms with Gasteiger partial charge in [-0.2, -0.15) is 0 Å². The Hall–Kier alpha value is -6.12. The number of hydrogen-bond acceptors (Lipinski definition) is 1. The van der Waals surface area contributed by atoms with Crippen molar-refractivity contribution in [1.82, 2.24) is 4.57 Å². The van der Waals surface area contributed by atoms with Gasteiger partial charge in [0, 0.05) is 21.8 Å². The second-order valence-corrected chi connectivity index (χ2v) is 12.0. The Kier molecular flexibility index (Phi) is 5.31. The summed E-state index contributed by atoms with van der Waals surface area (Å²) in [6.45, 7) is 0. The van der Waals surface area contributed by atoms with Gasteiger partial charge in [0.25, 0.3) is 0 Å². The molecule has 2 nitrogen and oxygen atoms in total. The van der Waals surface area contributed by atoms with Gasteiger partial charge in [-0.05, 0) is 80.2 Å². The Balaban J connectivity index is 1.24. The van der Waals surface area contributed by atoms with E-state index in [1.807, 2.05) is 6.07 Å². The number of benzene rings is 8. The number of furan rings is 1. The third-order valence-corrected chi connectivity index (χ3v) is 9.58. The molecule has 0 aliphatic carbocycles. The van der Waals surface area contributed by atoms with Crippen molar-refractivity contribution in [2.75, 3.05) is 0 Å². The topological polar surface area (TPSA) is 18.1 Å². The van der Waals surface area contributed by atoms with Crippen LogP contribution in [0.1, 0.15) is 0 Å². The molecule has 0 amide bonds. The van der Waals surface area contributed by atoms with Crippen LogP contribution < -0.4 is 0 Å². The number of para-hydroxylation sites is 2. The van der Waals surface area contributed by atoms with Crippen molar-refractivity contribution >= 4 is 65.3 Å². The van der Waals surface area contributed by atoms with Crippen molar-refractivity contribution in [2.24, 2.45) is 0 Å². The van der Waals surface area contributed by atoms with Crippen LogP contribution in [-0.4, -0.2) is 4.57 Å². The molecule has 0 aliphatic heterocycles. The van der Waals surface area contributed by atoms with Crippen LogP contribution in [0.3, 0.4) is 0 Å². The van der Waals surface area contributed by atoms with Crippen molar-refractivity contribution in [2.45, 2.75) is 0 Å². The monoisotopic (exact) mass is 585 g/mol. The number of fused-ring (bicyclic) bond motifs is 9. The van der Waals surface area contributed by atoms with Gasteiger partial charge in [-0.25, -0.2) is 0 Å². The van der Waals surface area contributed by atoms with Crippen molar-refractivity contribution in [3.63, 3.8) is 0 Å². The minimum atomic E-state index is 0.908. The fourth-order valence-electron chi connectivity index (χ4n) is 7.67. The second kappa shape index (κ2) is 9.69. The van der Waals surface area contributed by atoms with Gasteiger partial charge in [-0.15, -0.1) is 0 Å². The highest BCUT2D eigenvalue weighted by atomic mass is 16.3. The second-order valence-electron chi connectivity index (χ2n) is 12.0. The molecular formula is C44H27NO. The van der Waals surface area contributed by atoms with Gasteiger partial charge in [0.1, 0.15) is 11.2 Å². The van der Waals surface area contributed by atoms with E-state index in [0.29, 0.717) is 0 Å². The molecule has 46 heavy (non-hydrogen) atoms. The van der Waals surface area contributed by atoms with E-state index in [9.17, 15) is 0 Å². The summed E-state index contributed by atoms with van der Waals surface area (Å²) in [6, 6.07) is 59.0. The van der Waals surface area contributed by atoms with Crippen LogP contribution in [0.5, 0.6) is 0 Å². The fourth-order valence-corrected chi connectivity index (χ4v) is 7.67. The average Bonchev–Trinajstić information content (AvgIpc) is 3.67. The molecule has 0 N–H and O–H groups in total. The van der Waals surface area contributed by atoms with Crippen molar-refractivity contribution in [3.05, 3.63) is 164 Å². The quantitative estimate of drug-likeness (QED) is 0.189. The first-order valence-corrected chi connectivity index (χ1v) is 15.8. The van der Waals surface area contributed by atoms with Gasteiger partial charge in [-0.1, -0.05) is 127 Å². The summed E-state index contributed by atoms with van der Waals surface area (Å²) in [7, 11) is 0. The number of aromatic nitrogens is 1. The minimum Gasteiger partial charge on any atom is -0.456 e. The number of hydrogen-bond donors (Lipinski definition) is 0. The smallest absolute Gasteiger partial charge is 0.137 e. The highest BCUT2D eigenvalue weighted by Gasteiger charge is 2.20. The lowest BCUT2D eigenvalue weighted by molar-refractivity contribution is 0.669. The molecule has 2 heterocycles. The Morgan fingerprint density at radius 1 is 0.348 bits per heavy atom. The maximum atomic E-state index is 6.33. The summed E-state index contributed by atoms with van der Waals surface area (Å²) >= 11 is 0. The van der Waals surface area contributed by atoms with Crippen LogP contribution in [0.4, 0.5) is 0 Å². The number of nitrogens with zero attached hydrogens (tertiary/aromatic N) is 1. The predicted octanol–water partition coefficient (Wildman–Crippen LogP) is 12.3. The Morgan fingerprint density at radius 2 is 0.870 bits per heavy atom. The SMILES string of the molecule is c1ccc(-c2c3ccccc3c(-c3ccc(-n4c5ccccc5c5ccc6oc7ccccc7c6c54)cc3)c3ccccc23)cc1. The third kappa shape index (κ3) is 3.53. The predicted molar refractivity (Wildman–Crippen MR) is 194 cm³/mol. The Labute approximate surface area is 265 Å². The van der Waals surface area contributed by atoms with E-state index in [0.717, 1.165) is 27.6 Å². The average molecular weight is 586 g/mol. The van der Waals surface area contributed by atoms with E-state index in [2.05, 4.69) is 162 Å². The highest BCUT2D eigenvalue weighted by molar-refractivity contribution is 6.25. The number of rotatable bonds is 3. The summed E-state index contributed by atoms with van der Waals surface area (Å²) in [5, 5.41) is 9.82. The molecule has 0 saturated heterocycles. The van der Waals surface area contributed by atoms with Crippen LogP contribution in [0.2, 0.25) is 0 Å². The molecule has 0 spiro atoms. The van der Waals surface area contributed by atoms with Gasteiger partial charge in [-0.3, -0.25) is 0 Å². The lowest BCUT2D eigenvalue weighted by Crippen LogP contribution is -1.95. The maximum absolute atomic E-state index is 6.33. The molecule has 10 aromatic rings. The van der Waals surface area contributed by atoms with Crippen molar-refractivity contribution in [1.29, 1.82) is 0 Å². The molecule has 2 aromatic heterocycles. The first-order valence-electron chi connectivity index (χ1n) is 15.8. The van der Waals surface area contributed by atoms with E-state index in [1.54, 1.807) is 0 Å². The molecule has 214 valence electrons. The van der Waals surface area contributed by atoms with Crippen molar-refractivity contribution in [3.8, 4) is 27.9 Å². The van der Waals surface area contributed by atoms with Gasteiger partial charge in [0.15, 0.2) is 0 Å².